The van der Waals surface area contributed by atoms with Crippen molar-refractivity contribution in [3.63, 3.8) is 0 Å². The number of hydrogen-bond donors (Lipinski definition) is 1. The van der Waals surface area contributed by atoms with E-state index >= 15 is 0 Å². The quantitative estimate of drug-likeness (QED) is 0.858. The summed E-state index contributed by atoms with van der Waals surface area (Å²) in [5.74, 6) is -0.335. The number of nitrogens with one attached hydrogen (secondary N) is 1. The zero-order valence-corrected chi connectivity index (χ0v) is 15.3. The summed E-state index contributed by atoms with van der Waals surface area (Å²) < 4.78 is 20.2. The molecule has 0 fully saturated rings. The third kappa shape index (κ3) is 5.89. The van der Waals surface area contributed by atoms with Crippen LogP contribution in [0.5, 0.6) is 0 Å². The van der Waals surface area contributed by atoms with E-state index in [0.717, 1.165) is 5.56 Å². The van der Waals surface area contributed by atoms with Gasteiger partial charge in [0.15, 0.2) is 0 Å². The van der Waals surface area contributed by atoms with E-state index < -0.39 is 16.6 Å². The van der Waals surface area contributed by atoms with Gasteiger partial charge in [-0.3, -0.25) is 0 Å². The van der Waals surface area contributed by atoms with Crippen LogP contribution in [0, 0.1) is 0 Å². The average Bonchev–Trinajstić information content (AvgIpc) is 2.35. The highest BCUT2D eigenvalue weighted by Crippen LogP contribution is 2.19. The zero-order valence-electron chi connectivity index (χ0n) is 14.5. The van der Waals surface area contributed by atoms with Crippen molar-refractivity contribution in [2.45, 2.75) is 64.9 Å². The van der Waals surface area contributed by atoms with Gasteiger partial charge >= 0.3 is 5.97 Å². The molecule has 22 heavy (non-hydrogen) atoms. The molecule has 0 radical (unpaired) electrons. The number of carbonyl (C=O) groups excluding carboxylic acids is 1. The Bertz CT molecular complexity index is 539. The largest absolute Gasteiger partial charge is 0.456 e. The van der Waals surface area contributed by atoms with E-state index in [4.69, 9.17) is 4.74 Å². The van der Waals surface area contributed by atoms with Gasteiger partial charge in [-0.1, -0.05) is 12.1 Å². The van der Waals surface area contributed by atoms with Gasteiger partial charge in [0.2, 0.25) is 0 Å². The van der Waals surface area contributed by atoms with Crippen molar-refractivity contribution in [3.8, 4) is 0 Å². The minimum Gasteiger partial charge on any atom is -0.456 e. The second-order valence-corrected chi connectivity index (χ2v) is 9.34. The number of benzene rings is 1. The molecule has 124 valence electrons. The van der Waals surface area contributed by atoms with Crippen molar-refractivity contribution in [2.24, 2.45) is 0 Å². The van der Waals surface area contributed by atoms with Crippen molar-refractivity contribution in [3.05, 3.63) is 35.4 Å². The molecule has 1 N–H and O–H groups in total. The van der Waals surface area contributed by atoms with Gasteiger partial charge in [0.1, 0.15) is 5.60 Å². The van der Waals surface area contributed by atoms with E-state index in [1.807, 2.05) is 60.6 Å². The molecule has 0 saturated carbocycles. The Hall–Kier alpha value is -1.20. The highest BCUT2D eigenvalue weighted by Gasteiger charge is 2.22. The molecule has 5 heteroatoms. The van der Waals surface area contributed by atoms with Crippen LogP contribution in [0.4, 0.5) is 0 Å². The molecule has 0 bridgehead atoms. The molecule has 0 amide bonds. The molecular weight excluding hydrogens is 298 g/mol. The molecule has 0 saturated heterocycles. The average molecular weight is 325 g/mol. The van der Waals surface area contributed by atoms with Gasteiger partial charge in [-0.05, 0) is 66.2 Å². The predicted octanol–water partition coefficient (Wildman–Crippen LogP) is 3.75. The third-order valence-corrected chi connectivity index (χ3v) is 4.57. The van der Waals surface area contributed by atoms with Crippen LogP contribution in [-0.4, -0.2) is 20.5 Å². The predicted molar refractivity (Wildman–Crippen MR) is 91.1 cm³/mol. The van der Waals surface area contributed by atoms with E-state index in [1.165, 1.54) is 0 Å². The van der Waals surface area contributed by atoms with Crippen LogP contribution < -0.4 is 4.72 Å². The summed E-state index contributed by atoms with van der Waals surface area (Å²) >= 11 is 0. The highest BCUT2D eigenvalue weighted by atomic mass is 32.2. The molecule has 0 aliphatic rings. The van der Waals surface area contributed by atoms with E-state index in [-0.39, 0.29) is 16.8 Å². The lowest BCUT2D eigenvalue weighted by Crippen LogP contribution is -2.34. The maximum Gasteiger partial charge on any atom is 0.338 e. The first kappa shape index (κ1) is 18.8. The minimum atomic E-state index is -1.14. The van der Waals surface area contributed by atoms with Crippen LogP contribution in [0.3, 0.4) is 0 Å². The van der Waals surface area contributed by atoms with Gasteiger partial charge in [0, 0.05) is 6.04 Å². The van der Waals surface area contributed by atoms with Gasteiger partial charge in [-0.15, -0.1) is 0 Å². The Balaban J connectivity index is 2.76. The van der Waals surface area contributed by atoms with Crippen LogP contribution in [-0.2, 0) is 15.7 Å². The Labute approximate surface area is 136 Å². The summed E-state index contributed by atoms with van der Waals surface area (Å²) in [5.41, 5.74) is 0.988. The summed E-state index contributed by atoms with van der Waals surface area (Å²) in [6.07, 6.45) is 0. The lowest BCUT2D eigenvalue weighted by atomic mass is 10.1. The molecule has 1 aromatic carbocycles. The molecule has 4 nitrogen and oxygen atoms in total. The van der Waals surface area contributed by atoms with Gasteiger partial charge in [-0.2, -0.15) is 0 Å². The molecule has 2 atom stereocenters. The lowest BCUT2D eigenvalue weighted by Gasteiger charge is -2.22. The van der Waals surface area contributed by atoms with Gasteiger partial charge in [0.25, 0.3) is 0 Å². The second-order valence-electron chi connectivity index (χ2n) is 7.34. The molecule has 0 aliphatic carbocycles. The summed E-state index contributed by atoms with van der Waals surface area (Å²) in [7, 11) is -1.14. The number of ether oxygens (including phenoxy) is 1. The molecule has 0 heterocycles. The highest BCUT2D eigenvalue weighted by molar-refractivity contribution is 7.84. The zero-order chi connectivity index (χ0) is 17.1. The maximum absolute atomic E-state index is 12.1. The topological polar surface area (TPSA) is 55.4 Å². The summed E-state index contributed by atoms with van der Waals surface area (Å²) in [4.78, 5) is 12.0. The minimum absolute atomic E-state index is 0.0623. The fraction of sp³-hybridized carbons (Fsp3) is 0.588. The van der Waals surface area contributed by atoms with E-state index in [2.05, 4.69) is 4.72 Å². The Kier molecular flexibility index (Phi) is 5.93. The Morgan fingerprint density at radius 2 is 1.59 bits per heavy atom. The number of esters is 1. The Morgan fingerprint density at radius 1 is 1.09 bits per heavy atom. The second kappa shape index (κ2) is 6.92. The van der Waals surface area contributed by atoms with Crippen LogP contribution >= 0.6 is 0 Å². The first-order valence-electron chi connectivity index (χ1n) is 7.41. The van der Waals surface area contributed by atoms with E-state index in [0.29, 0.717) is 5.56 Å². The van der Waals surface area contributed by atoms with Crippen LogP contribution in [0.25, 0.3) is 0 Å². The van der Waals surface area contributed by atoms with E-state index in [9.17, 15) is 9.00 Å². The van der Waals surface area contributed by atoms with Gasteiger partial charge < -0.3 is 4.74 Å². The van der Waals surface area contributed by atoms with Gasteiger partial charge in [0.05, 0.1) is 21.3 Å². The first-order chi connectivity index (χ1) is 9.90. The molecule has 1 aromatic rings. The molecule has 2 unspecified atom stereocenters. The maximum atomic E-state index is 12.1. The number of carbonyl (C=O) groups is 1. The molecule has 0 spiro atoms. The number of rotatable bonds is 4. The summed E-state index contributed by atoms with van der Waals surface area (Å²) in [5, 5.41) is 0. The molecule has 0 aliphatic heterocycles. The van der Waals surface area contributed by atoms with E-state index in [1.54, 1.807) is 12.1 Å². The van der Waals surface area contributed by atoms with Crippen LogP contribution in [0.2, 0.25) is 0 Å². The third-order valence-electron chi connectivity index (χ3n) is 2.89. The normalized spacial score (nSPS) is 15.2. The SMILES string of the molecule is CC(NS(=O)C(C)(C)C)c1ccc(C(=O)OC(C)(C)C)cc1. The molecule has 0 aromatic heterocycles. The standard InChI is InChI=1S/C17H27NO3S/c1-12(18-22(20)17(5,6)7)13-8-10-14(11-9-13)15(19)21-16(2,3)4/h8-12,18H,1-7H3. The van der Waals surface area contributed by atoms with Crippen molar-refractivity contribution >= 4 is 17.0 Å². The summed E-state index contributed by atoms with van der Waals surface area (Å²) in [6, 6.07) is 7.13. The van der Waals surface area contributed by atoms with Crippen LogP contribution in [0.1, 0.15) is 70.4 Å². The fourth-order valence-electron chi connectivity index (χ4n) is 1.65. The summed E-state index contributed by atoms with van der Waals surface area (Å²) in [6.45, 7) is 13.2. The monoisotopic (exact) mass is 325 g/mol. The molecule has 1 rings (SSSR count). The molecular formula is C17H27NO3S. The van der Waals surface area contributed by atoms with Crippen molar-refractivity contribution in [2.75, 3.05) is 0 Å². The number of hydrogen-bond acceptors (Lipinski definition) is 3. The lowest BCUT2D eigenvalue weighted by molar-refractivity contribution is 0.00695. The Morgan fingerprint density at radius 3 is 2.00 bits per heavy atom. The smallest absolute Gasteiger partial charge is 0.338 e. The van der Waals surface area contributed by atoms with Gasteiger partial charge in [-0.25, -0.2) is 13.7 Å². The van der Waals surface area contributed by atoms with Crippen molar-refractivity contribution < 1.29 is 13.7 Å². The van der Waals surface area contributed by atoms with Crippen LogP contribution in [0.15, 0.2) is 24.3 Å². The van der Waals surface area contributed by atoms with Crippen molar-refractivity contribution in [1.29, 1.82) is 0 Å². The fourth-order valence-corrected chi connectivity index (χ4v) is 2.46. The van der Waals surface area contributed by atoms with Crippen molar-refractivity contribution in [1.82, 2.24) is 4.72 Å². The first-order valence-corrected chi connectivity index (χ1v) is 8.56.